The molecule has 0 amide bonds. The predicted octanol–water partition coefficient (Wildman–Crippen LogP) is 9.22. The van der Waals surface area contributed by atoms with Crippen LogP contribution in [0.25, 0.3) is 21.8 Å². The van der Waals surface area contributed by atoms with Crippen molar-refractivity contribution in [1.82, 2.24) is 4.98 Å². The van der Waals surface area contributed by atoms with E-state index in [0.29, 0.717) is 0 Å². The van der Waals surface area contributed by atoms with E-state index in [9.17, 15) is 0 Å². The second-order valence-electron chi connectivity index (χ2n) is 8.33. The molecule has 1 heterocycles. The molecule has 152 valence electrons. The van der Waals surface area contributed by atoms with Crippen molar-refractivity contribution in [3.05, 3.63) is 47.0 Å². The molecule has 2 aromatic carbocycles. The van der Waals surface area contributed by atoms with Gasteiger partial charge in [0.15, 0.2) is 0 Å². The maximum absolute atomic E-state index is 6.16. The summed E-state index contributed by atoms with van der Waals surface area (Å²) in [6, 6.07) is 12.9. The van der Waals surface area contributed by atoms with Gasteiger partial charge in [-0.05, 0) is 42.7 Å². The Balaban J connectivity index is 1.32. The summed E-state index contributed by atoms with van der Waals surface area (Å²) in [6.45, 7) is 2.29. The molecule has 28 heavy (non-hydrogen) atoms. The Morgan fingerprint density at radius 1 is 0.643 bits per heavy atom. The number of benzene rings is 2. The summed E-state index contributed by atoms with van der Waals surface area (Å²) < 4.78 is 0. The van der Waals surface area contributed by atoms with Crippen molar-refractivity contribution in [2.45, 2.75) is 90.4 Å². The van der Waals surface area contributed by atoms with E-state index in [1.165, 1.54) is 111 Å². The minimum Gasteiger partial charge on any atom is -0.355 e. The van der Waals surface area contributed by atoms with Gasteiger partial charge in [-0.3, -0.25) is 0 Å². The van der Waals surface area contributed by atoms with Crippen LogP contribution in [0.2, 0.25) is 5.02 Å². The molecule has 1 N–H and O–H groups in total. The molecule has 1 aromatic heterocycles. The molecule has 0 aliphatic rings. The maximum Gasteiger partial charge on any atom is 0.0467 e. The van der Waals surface area contributed by atoms with Crippen molar-refractivity contribution in [1.29, 1.82) is 0 Å². The Hall–Kier alpha value is -1.47. The first kappa shape index (κ1) is 21.2. The zero-order valence-corrected chi connectivity index (χ0v) is 18.3. The third-order valence-corrected chi connectivity index (χ3v) is 6.18. The van der Waals surface area contributed by atoms with E-state index >= 15 is 0 Å². The number of aromatic nitrogens is 1. The lowest BCUT2D eigenvalue weighted by Gasteiger charge is -2.04. The largest absolute Gasteiger partial charge is 0.355 e. The van der Waals surface area contributed by atoms with Gasteiger partial charge in [0, 0.05) is 26.8 Å². The maximum atomic E-state index is 6.16. The van der Waals surface area contributed by atoms with Crippen LogP contribution in [-0.4, -0.2) is 4.98 Å². The summed E-state index contributed by atoms with van der Waals surface area (Å²) in [5, 5.41) is 3.30. The van der Waals surface area contributed by atoms with Gasteiger partial charge >= 0.3 is 0 Å². The number of halogens is 1. The Kier molecular flexibility index (Phi) is 8.73. The van der Waals surface area contributed by atoms with E-state index in [0.717, 1.165) is 5.02 Å². The van der Waals surface area contributed by atoms with Gasteiger partial charge in [-0.25, -0.2) is 0 Å². The fraction of sp³-hybridized carbons (Fsp3) is 0.538. The van der Waals surface area contributed by atoms with E-state index in [1.807, 2.05) is 6.07 Å². The van der Waals surface area contributed by atoms with Gasteiger partial charge < -0.3 is 4.98 Å². The lowest BCUT2D eigenvalue weighted by molar-refractivity contribution is 0.544. The first-order valence-electron chi connectivity index (χ1n) is 11.5. The SMILES string of the molecule is CCCCCCCCCCCCCCc1ccc2c(c1)[nH]c1ccc(Cl)cc12. The lowest BCUT2D eigenvalue weighted by Crippen LogP contribution is -1.87. The number of rotatable bonds is 13. The minimum absolute atomic E-state index is 0.800. The highest BCUT2D eigenvalue weighted by Gasteiger charge is 2.05. The smallest absolute Gasteiger partial charge is 0.0467 e. The fourth-order valence-corrected chi connectivity index (χ4v) is 4.42. The third-order valence-electron chi connectivity index (χ3n) is 5.94. The highest BCUT2D eigenvalue weighted by atomic mass is 35.5. The molecule has 0 atom stereocenters. The average molecular weight is 398 g/mol. The van der Waals surface area contributed by atoms with Crippen LogP contribution < -0.4 is 0 Å². The minimum atomic E-state index is 0.800. The van der Waals surface area contributed by atoms with Crippen LogP contribution in [0.3, 0.4) is 0 Å². The zero-order chi connectivity index (χ0) is 19.6. The van der Waals surface area contributed by atoms with Crippen LogP contribution in [0.4, 0.5) is 0 Å². The number of nitrogens with one attached hydrogen (secondary N) is 1. The second-order valence-corrected chi connectivity index (χ2v) is 8.77. The van der Waals surface area contributed by atoms with E-state index in [1.54, 1.807) is 0 Å². The van der Waals surface area contributed by atoms with Gasteiger partial charge in [0.25, 0.3) is 0 Å². The van der Waals surface area contributed by atoms with Crippen molar-refractivity contribution in [2.24, 2.45) is 0 Å². The summed E-state index contributed by atoms with van der Waals surface area (Å²) in [6.07, 6.45) is 18.1. The van der Waals surface area contributed by atoms with Crippen molar-refractivity contribution >= 4 is 33.4 Å². The molecule has 0 aliphatic carbocycles. The van der Waals surface area contributed by atoms with Crippen LogP contribution in [0.15, 0.2) is 36.4 Å². The van der Waals surface area contributed by atoms with E-state index in [4.69, 9.17) is 11.6 Å². The van der Waals surface area contributed by atoms with E-state index in [2.05, 4.69) is 42.2 Å². The van der Waals surface area contributed by atoms with Gasteiger partial charge in [0.2, 0.25) is 0 Å². The molecule has 0 radical (unpaired) electrons. The molecule has 3 rings (SSSR count). The lowest BCUT2D eigenvalue weighted by atomic mass is 10.0. The Morgan fingerprint density at radius 3 is 1.96 bits per heavy atom. The first-order valence-corrected chi connectivity index (χ1v) is 11.9. The molecule has 0 saturated heterocycles. The molecule has 0 unspecified atom stereocenters. The third kappa shape index (κ3) is 6.27. The van der Waals surface area contributed by atoms with E-state index in [-0.39, 0.29) is 0 Å². The van der Waals surface area contributed by atoms with Gasteiger partial charge in [-0.2, -0.15) is 0 Å². The number of aromatic amines is 1. The highest BCUT2D eigenvalue weighted by molar-refractivity contribution is 6.31. The fourth-order valence-electron chi connectivity index (χ4n) is 4.25. The molecular formula is C26H36ClN. The number of H-pyrrole nitrogens is 1. The van der Waals surface area contributed by atoms with Crippen LogP contribution >= 0.6 is 11.6 Å². The number of hydrogen-bond donors (Lipinski definition) is 1. The topological polar surface area (TPSA) is 15.8 Å². The van der Waals surface area contributed by atoms with Crippen LogP contribution in [0.5, 0.6) is 0 Å². The second kappa shape index (κ2) is 11.5. The summed E-state index contributed by atoms with van der Waals surface area (Å²) in [7, 11) is 0. The van der Waals surface area contributed by atoms with Crippen LogP contribution in [-0.2, 0) is 6.42 Å². The van der Waals surface area contributed by atoms with Crippen molar-refractivity contribution < 1.29 is 0 Å². The van der Waals surface area contributed by atoms with Gasteiger partial charge in [-0.15, -0.1) is 0 Å². The first-order chi connectivity index (χ1) is 13.8. The summed E-state index contributed by atoms with van der Waals surface area (Å²) in [5.74, 6) is 0. The quantitative estimate of drug-likeness (QED) is 0.276. The molecule has 1 nitrogen and oxygen atoms in total. The monoisotopic (exact) mass is 397 g/mol. The normalized spacial score (nSPS) is 11.6. The van der Waals surface area contributed by atoms with Crippen molar-refractivity contribution in [3.63, 3.8) is 0 Å². The molecule has 0 bridgehead atoms. The van der Waals surface area contributed by atoms with Gasteiger partial charge in [-0.1, -0.05) is 101 Å². The Labute approximate surface area is 175 Å². The zero-order valence-electron chi connectivity index (χ0n) is 17.5. The summed E-state index contributed by atoms with van der Waals surface area (Å²) >= 11 is 6.16. The molecular weight excluding hydrogens is 362 g/mol. The molecule has 3 aromatic rings. The van der Waals surface area contributed by atoms with Crippen molar-refractivity contribution in [3.8, 4) is 0 Å². The highest BCUT2D eigenvalue weighted by Crippen LogP contribution is 2.28. The van der Waals surface area contributed by atoms with Gasteiger partial charge in [0.05, 0.1) is 0 Å². The molecule has 0 spiro atoms. The Morgan fingerprint density at radius 2 is 1.29 bits per heavy atom. The van der Waals surface area contributed by atoms with Crippen LogP contribution in [0, 0.1) is 0 Å². The molecule has 2 heteroatoms. The molecule has 0 fully saturated rings. The van der Waals surface area contributed by atoms with Crippen LogP contribution in [0.1, 0.15) is 89.5 Å². The Bertz CT molecular complexity index is 848. The molecule has 0 saturated carbocycles. The standard InChI is InChI=1S/C26H36ClN/c1-2-3-4-5-6-7-8-9-10-11-12-13-14-21-15-17-23-24-20-22(27)16-18-25(24)28-26(23)19-21/h15-20,28H,2-14H2,1H3. The number of fused-ring (bicyclic) bond motifs is 3. The number of aryl methyl sites for hydroxylation is 1. The van der Waals surface area contributed by atoms with Gasteiger partial charge in [0.1, 0.15) is 0 Å². The van der Waals surface area contributed by atoms with Crippen molar-refractivity contribution in [2.75, 3.05) is 0 Å². The predicted molar refractivity (Wildman–Crippen MR) is 126 cm³/mol. The molecule has 0 aliphatic heterocycles. The number of unbranched alkanes of at least 4 members (excludes halogenated alkanes) is 11. The summed E-state index contributed by atoms with van der Waals surface area (Å²) in [5.41, 5.74) is 3.84. The number of hydrogen-bond acceptors (Lipinski definition) is 0. The average Bonchev–Trinajstić information content (AvgIpc) is 3.06. The summed E-state index contributed by atoms with van der Waals surface area (Å²) in [4.78, 5) is 3.53. The van der Waals surface area contributed by atoms with E-state index < -0.39 is 0 Å².